The van der Waals surface area contributed by atoms with Gasteiger partial charge >= 0.3 is 0 Å². The van der Waals surface area contributed by atoms with Crippen LogP contribution in [-0.4, -0.2) is 16.9 Å². The van der Waals surface area contributed by atoms with E-state index in [0.29, 0.717) is 16.5 Å². The highest BCUT2D eigenvalue weighted by molar-refractivity contribution is 5.97. The van der Waals surface area contributed by atoms with Gasteiger partial charge in [0, 0.05) is 17.6 Å². The summed E-state index contributed by atoms with van der Waals surface area (Å²) in [4.78, 5) is 16.0. The molecule has 1 atom stereocenters. The normalized spacial score (nSPS) is 12.4. The first kappa shape index (κ1) is 12.5. The average Bonchev–Trinajstić information content (AvgIpc) is 2.37. The zero-order chi connectivity index (χ0) is 13.1. The van der Waals surface area contributed by atoms with E-state index in [-0.39, 0.29) is 17.8 Å². The van der Waals surface area contributed by atoms with Crippen LogP contribution >= 0.6 is 0 Å². The largest absolute Gasteiger partial charge is 0.350 e. The molecule has 1 aromatic heterocycles. The molecule has 1 N–H and O–H groups in total. The summed E-state index contributed by atoms with van der Waals surface area (Å²) in [6, 6.07) is 6.10. The summed E-state index contributed by atoms with van der Waals surface area (Å²) in [6.45, 7) is 3.94. The van der Waals surface area contributed by atoms with Crippen LogP contribution in [0.1, 0.15) is 30.6 Å². The lowest BCUT2D eigenvalue weighted by atomic mass is 10.1. The molecule has 1 unspecified atom stereocenters. The van der Waals surface area contributed by atoms with E-state index in [9.17, 15) is 9.18 Å². The van der Waals surface area contributed by atoms with E-state index in [2.05, 4.69) is 10.3 Å². The average molecular weight is 246 g/mol. The van der Waals surface area contributed by atoms with Crippen molar-refractivity contribution < 1.29 is 9.18 Å². The first-order valence-corrected chi connectivity index (χ1v) is 5.96. The zero-order valence-corrected chi connectivity index (χ0v) is 10.4. The van der Waals surface area contributed by atoms with Gasteiger partial charge in [0.25, 0.3) is 5.91 Å². The van der Waals surface area contributed by atoms with Crippen molar-refractivity contribution in [3.8, 4) is 0 Å². The molecule has 1 amide bonds. The number of nitrogens with one attached hydrogen (secondary N) is 1. The molecule has 18 heavy (non-hydrogen) atoms. The van der Waals surface area contributed by atoms with Crippen molar-refractivity contribution >= 4 is 16.8 Å². The number of hydrogen-bond donors (Lipinski definition) is 1. The Hall–Kier alpha value is -1.97. The van der Waals surface area contributed by atoms with Gasteiger partial charge in [0.1, 0.15) is 5.82 Å². The SMILES string of the molecule is CCC(C)NC(=O)c1cnc2ccc(F)cc2c1. The second-order valence-corrected chi connectivity index (χ2v) is 4.34. The predicted molar refractivity (Wildman–Crippen MR) is 68.9 cm³/mol. The number of carbonyl (C=O) groups excluding carboxylic acids is 1. The van der Waals surface area contributed by atoms with Crippen molar-refractivity contribution in [2.75, 3.05) is 0 Å². The lowest BCUT2D eigenvalue weighted by molar-refractivity contribution is 0.0939. The number of nitrogens with zero attached hydrogens (tertiary/aromatic N) is 1. The molecule has 1 heterocycles. The van der Waals surface area contributed by atoms with Gasteiger partial charge in [-0.3, -0.25) is 9.78 Å². The Labute approximate surface area is 105 Å². The van der Waals surface area contributed by atoms with Crippen molar-refractivity contribution in [2.24, 2.45) is 0 Å². The highest BCUT2D eigenvalue weighted by atomic mass is 19.1. The summed E-state index contributed by atoms with van der Waals surface area (Å²) < 4.78 is 13.1. The summed E-state index contributed by atoms with van der Waals surface area (Å²) in [6.07, 6.45) is 2.37. The summed E-state index contributed by atoms with van der Waals surface area (Å²) in [5, 5.41) is 3.48. The molecule has 0 radical (unpaired) electrons. The third-order valence-corrected chi connectivity index (χ3v) is 2.90. The number of rotatable bonds is 3. The Morgan fingerprint density at radius 1 is 1.44 bits per heavy atom. The molecule has 0 aliphatic rings. The smallest absolute Gasteiger partial charge is 0.253 e. The third kappa shape index (κ3) is 2.64. The Kier molecular flexibility index (Phi) is 3.55. The zero-order valence-electron chi connectivity index (χ0n) is 10.4. The number of benzene rings is 1. The van der Waals surface area contributed by atoms with Crippen LogP contribution in [0, 0.1) is 5.82 Å². The number of carbonyl (C=O) groups is 1. The lowest BCUT2D eigenvalue weighted by Crippen LogP contribution is -2.31. The van der Waals surface area contributed by atoms with Crippen molar-refractivity contribution in [3.05, 3.63) is 41.8 Å². The number of amides is 1. The van der Waals surface area contributed by atoms with E-state index in [4.69, 9.17) is 0 Å². The Morgan fingerprint density at radius 2 is 2.22 bits per heavy atom. The maximum absolute atomic E-state index is 13.1. The van der Waals surface area contributed by atoms with Gasteiger partial charge in [0.2, 0.25) is 0 Å². The van der Waals surface area contributed by atoms with Crippen LogP contribution in [0.5, 0.6) is 0 Å². The minimum absolute atomic E-state index is 0.112. The van der Waals surface area contributed by atoms with Crippen molar-refractivity contribution in [3.63, 3.8) is 0 Å². The van der Waals surface area contributed by atoms with Crippen molar-refractivity contribution in [2.45, 2.75) is 26.3 Å². The van der Waals surface area contributed by atoms with Gasteiger partial charge in [-0.05, 0) is 37.6 Å². The highest BCUT2D eigenvalue weighted by Crippen LogP contribution is 2.15. The van der Waals surface area contributed by atoms with E-state index in [1.165, 1.54) is 18.3 Å². The Balaban J connectivity index is 2.31. The molecule has 94 valence electrons. The number of pyridine rings is 1. The first-order valence-electron chi connectivity index (χ1n) is 5.96. The number of fused-ring (bicyclic) bond motifs is 1. The van der Waals surface area contributed by atoms with E-state index < -0.39 is 0 Å². The number of halogens is 1. The fourth-order valence-corrected chi connectivity index (χ4v) is 1.64. The molecule has 4 heteroatoms. The molecule has 2 rings (SSSR count). The van der Waals surface area contributed by atoms with Gasteiger partial charge in [0.15, 0.2) is 0 Å². The van der Waals surface area contributed by atoms with Crippen LogP contribution < -0.4 is 5.32 Å². The van der Waals surface area contributed by atoms with E-state index in [0.717, 1.165) is 6.42 Å². The maximum Gasteiger partial charge on any atom is 0.253 e. The summed E-state index contributed by atoms with van der Waals surface area (Å²) in [5.41, 5.74) is 1.13. The van der Waals surface area contributed by atoms with Crippen molar-refractivity contribution in [1.82, 2.24) is 10.3 Å². The van der Waals surface area contributed by atoms with Gasteiger partial charge in [-0.25, -0.2) is 4.39 Å². The topological polar surface area (TPSA) is 42.0 Å². The van der Waals surface area contributed by atoms with Gasteiger partial charge in [-0.2, -0.15) is 0 Å². The van der Waals surface area contributed by atoms with Crippen LogP contribution in [-0.2, 0) is 0 Å². The van der Waals surface area contributed by atoms with Crippen molar-refractivity contribution in [1.29, 1.82) is 0 Å². The third-order valence-electron chi connectivity index (χ3n) is 2.90. The fourth-order valence-electron chi connectivity index (χ4n) is 1.64. The summed E-state index contributed by atoms with van der Waals surface area (Å²) in [5.74, 6) is -0.508. The second-order valence-electron chi connectivity index (χ2n) is 4.34. The van der Waals surface area contributed by atoms with E-state index in [1.807, 2.05) is 13.8 Å². The molecule has 2 aromatic rings. The van der Waals surface area contributed by atoms with Crippen LogP contribution in [0.3, 0.4) is 0 Å². The van der Waals surface area contributed by atoms with Crippen LogP contribution in [0.2, 0.25) is 0 Å². The number of hydrogen-bond acceptors (Lipinski definition) is 2. The molecule has 3 nitrogen and oxygen atoms in total. The number of aromatic nitrogens is 1. The van der Waals surface area contributed by atoms with Gasteiger partial charge in [0.05, 0.1) is 11.1 Å². The van der Waals surface area contributed by atoms with Crippen LogP contribution in [0.4, 0.5) is 4.39 Å². The first-order chi connectivity index (χ1) is 8.60. The fraction of sp³-hybridized carbons (Fsp3) is 0.286. The Bertz CT molecular complexity index is 583. The van der Waals surface area contributed by atoms with E-state index in [1.54, 1.807) is 12.1 Å². The minimum Gasteiger partial charge on any atom is -0.350 e. The van der Waals surface area contributed by atoms with Gasteiger partial charge in [-0.1, -0.05) is 6.92 Å². The van der Waals surface area contributed by atoms with Crippen LogP contribution in [0.25, 0.3) is 10.9 Å². The van der Waals surface area contributed by atoms with E-state index >= 15 is 0 Å². The molecular weight excluding hydrogens is 231 g/mol. The molecule has 0 fully saturated rings. The summed E-state index contributed by atoms with van der Waals surface area (Å²) in [7, 11) is 0. The quantitative estimate of drug-likeness (QED) is 0.904. The molecule has 1 aromatic carbocycles. The molecule has 0 bridgehead atoms. The van der Waals surface area contributed by atoms with Crippen LogP contribution in [0.15, 0.2) is 30.5 Å². The molecule has 0 aliphatic heterocycles. The molecule has 0 saturated heterocycles. The van der Waals surface area contributed by atoms with Gasteiger partial charge in [-0.15, -0.1) is 0 Å². The summed E-state index contributed by atoms with van der Waals surface area (Å²) >= 11 is 0. The minimum atomic E-state index is -0.330. The molecule has 0 spiro atoms. The predicted octanol–water partition coefficient (Wildman–Crippen LogP) is 2.90. The molecule has 0 aliphatic carbocycles. The monoisotopic (exact) mass is 246 g/mol. The molecule has 0 saturated carbocycles. The lowest BCUT2D eigenvalue weighted by Gasteiger charge is -2.11. The molecular formula is C14H15FN2O. The highest BCUT2D eigenvalue weighted by Gasteiger charge is 2.09. The standard InChI is InChI=1S/C14H15FN2O/c1-3-9(2)17-14(18)11-6-10-7-12(15)4-5-13(10)16-8-11/h4-9H,3H2,1-2H3,(H,17,18). The second kappa shape index (κ2) is 5.12. The Morgan fingerprint density at radius 3 is 2.94 bits per heavy atom. The maximum atomic E-state index is 13.1. The van der Waals surface area contributed by atoms with Gasteiger partial charge < -0.3 is 5.32 Å².